The van der Waals surface area contributed by atoms with Gasteiger partial charge in [-0.25, -0.2) is 0 Å². The molecule has 1 fully saturated rings. The standard InChI is InChI=1S/C15H30N2O/c1-11(2)9-15(7-5-6-8-15)14(18)17-10-13(16)12(3)4/h11-13H,5-10,16H2,1-4H3,(H,17,18). The molecule has 0 aromatic rings. The molecule has 1 rings (SSSR count). The highest BCUT2D eigenvalue weighted by molar-refractivity contribution is 5.82. The summed E-state index contributed by atoms with van der Waals surface area (Å²) in [6.07, 6.45) is 5.49. The number of nitrogens with one attached hydrogen (secondary N) is 1. The summed E-state index contributed by atoms with van der Waals surface area (Å²) >= 11 is 0. The normalized spacial score (nSPS) is 20.4. The Morgan fingerprint density at radius 2 is 1.78 bits per heavy atom. The predicted molar refractivity (Wildman–Crippen MR) is 76.2 cm³/mol. The lowest BCUT2D eigenvalue weighted by atomic mass is 9.77. The molecule has 0 heterocycles. The van der Waals surface area contributed by atoms with E-state index in [1.807, 2.05) is 0 Å². The van der Waals surface area contributed by atoms with Gasteiger partial charge in [0.2, 0.25) is 5.91 Å². The van der Waals surface area contributed by atoms with E-state index in [2.05, 4.69) is 33.0 Å². The molecule has 0 aromatic heterocycles. The summed E-state index contributed by atoms with van der Waals surface area (Å²) in [5, 5.41) is 3.09. The maximum atomic E-state index is 12.5. The van der Waals surface area contributed by atoms with Crippen molar-refractivity contribution in [3.05, 3.63) is 0 Å². The molecule has 1 saturated carbocycles. The molecular weight excluding hydrogens is 224 g/mol. The summed E-state index contributed by atoms with van der Waals surface area (Å²) in [6, 6.07) is 0.0615. The molecule has 3 N–H and O–H groups in total. The van der Waals surface area contributed by atoms with E-state index in [0.29, 0.717) is 18.4 Å². The first-order chi connectivity index (χ1) is 8.37. The fraction of sp³-hybridized carbons (Fsp3) is 0.933. The van der Waals surface area contributed by atoms with Crippen LogP contribution < -0.4 is 11.1 Å². The largest absolute Gasteiger partial charge is 0.354 e. The highest BCUT2D eigenvalue weighted by Gasteiger charge is 2.41. The summed E-state index contributed by atoms with van der Waals surface area (Å²) < 4.78 is 0. The van der Waals surface area contributed by atoms with Crippen molar-refractivity contribution >= 4 is 5.91 Å². The number of hydrogen-bond acceptors (Lipinski definition) is 2. The third-order valence-corrected chi connectivity index (χ3v) is 4.20. The Bertz CT molecular complexity index is 268. The van der Waals surface area contributed by atoms with Crippen LogP contribution in [0.4, 0.5) is 0 Å². The van der Waals surface area contributed by atoms with Crippen molar-refractivity contribution in [3.8, 4) is 0 Å². The topological polar surface area (TPSA) is 55.1 Å². The lowest BCUT2D eigenvalue weighted by molar-refractivity contribution is -0.131. The fourth-order valence-corrected chi connectivity index (χ4v) is 2.99. The smallest absolute Gasteiger partial charge is 0.226 e. The Labute approximate surface area is 112 Å². The van der Waals surface area contributed by atoms with Crippen molar-refractivity contribution < 1.29 is 4.79 Å². The predicted octanol–water partition coefficient (Wildman–Crippen LogP) is 2.69. The SMILES string of the molecule is CC(C)CC1(C(=O)NCC(N)C(C)C)CCCC1. The van der Waals surface area contributed by atoms with Gasteiger partial charge >= 0.3 is 0 Å². The number of rotatable bonds is 6. The second-order valence-corrected chi connectivity index (χ2v) is 6.70. The lowest BCUT2D eigenvalue weighted by Gasteiger charge is -2.30. The number of hydrogen-bond donors (Lipinski definition) is 2. The Hall–Kier alpha value is -0.570. The van der Waals surface area contributed by atoms with Crippen LogP contribution in [0.5, 0.6) is 0 Å². The zero-order valence-electron chi connectivity index (χ0n) is 12.5. The number of carbonyl (C=O) groups excluding carboxylic acids is 1. The van der Waals surface area contributed by atoms with Crippen LogP contribution in [-0.4, -0.2) is 18.5 Å². The van der Waals surface area contributed by atoms with Crippen molar-refractivity contribution in [1.82, 2.24) is 5.32 Å². The first-order valence-electron chi connectivity index (χ1n) is 7.41. The van der Waals surface area contributed by atoms with Gasteiger partial charge in [-0.15, -0.1) is 0 Å². The minimum Gasteiger partial charge on any atom is -0.354 e. The number of amides is 1. The van der Waals surface area contributed by atoms with E-state index in [0.717, 1.165) is 19.3 Å². The summed E-state index contributed by atoms with van der Waals surface area (Å²) in [5.41, 5.74) is 5.89. The van der Waals surface area contributed by atoms with Gasteiger partial charge in [-0.1, -0.05) is 40.5 Å². The van der Waals surface area contributed by atoms with E-state index in [1.54, 1.807) is 0 Å². The van der Waals surface area contributed by atoms with Gasteiger partial charge in [-0.05, 0) is 31.1 Å². The van der Waals surface area contributed by atoms with Crippen LogP contribution >= 0.6 is 0 Å². The summed E-state index contributed by atoms with van der Waals surface area (Å²) in [7, 11) is 0. The van der Waals surface area contributed by atoms with E-state index in [-0.39, 0.29) is 17.4 Å². The van der Waals surface area contributed by atoms with Crippen LogP contribution in [0, 0.1) is 17.3 Å². The van der Waals surface area contributed by atoms with Gasteiger partial charge in [0, 0.05) is 18.0 Å². The average molecular weight is 254 g/mol. The minimum absolute atomic E-state index is 0.0615. The van der Waals surface area contributed by atoms with Crippen molar-refractivity contribution in [2.45, 2.75) is 65.8 Å². The van der Waals surface area contributed by atoms with Crippen molar-refractivity contribution in [1.29, 1.82) is 0 Å². The molecule has 3 heteroatoms. The van der Waals surface area contributed by atoms with Crippen LogP contribution in [0.25, 0.3) is 0 Å². The summed E-state index contributed by atoms with van der Waals surface area (Å²) in [6.45, 7) is 9.20. The van der Waals surface area contributed by atoms with Gasteiger partial charge in [-0.2, -0.15) is 0 Å². The Balaban J connectivity index is 2.55. The third-order valence-electron chi connectivity index (χ3n) is 4.20. The van der Waals surface area contributed by atoms with Crippen molar-refractivity contribution in [3.63, 3.8) is 0 Å². The van der Waals surface area contributed by atoms with E-state index >= 15 is 0 Å². The van der Waals surface area contributed by atoms with Crippen LogP contribution in [0.2, 0.25) is 0 Å². The molecule has 106 valence electrons. The lowest BCUT2D eigenvalue weighted by Crippen LogP contribution is -2.46. The molecule has 1 amide bonds. The minimum atomic E-state index is -0.106. The zero-order valence-corrected chi connectivity index (χ0v) is 12.5. The number of carbonyl (C=O) groups is 1. The highest BCUT2D eigenvalue weighted by atomic mass is 16.2. The molecule has 1 aliphatic rings. The second-order valence-electron chi connectivity index (χ2n) is 6.70. The van der Waals surface area contributed by atoms with Crippen LogP contribution in [0.3, 0.4) is 0 Å². The van der Waals surface area contributed by atoms with Gasteiger partial charge in [0.1, 0.15) is 0 Å². The molecule has 0 aromatic carbocycles. The Kier molecular flexibility index (Phi) is 5.64. The Morgan fingerprint density at radius 1 is 1.22 bits per heavy atom. The maximum absolute atomic E-state index is 12.5. The fourth-order valence-electron chi connectivity index (χ4n) is 2.99. The molecule has 1 unspecified atom stereocenters. The van der Waals surface area contributed by atoms with Crippen molar-refractivity contribution in [2.75, 3.05) is 6.54 Å². The van der Waals surface area contributed by atoms with Gasteiger partial charge in [0.25, 0.3) is 0 Å². The van der Waals surface area contributed by atoms with Gasteiger partial charge in [-0.3, -0.25) is 4.79 Å². The summed E-state index contributed by atoms with van der Waals surface area (Å²) in [5.74, 6) is 1.23. The van der Waals surface area contributed by atoms with Gasteiger partial charge in [0.05, 0.1) is 0 Å². The molecular formula is C15H30N2O. The molecule has 1 atom stereocenters. The molecule has 0 aliphatic heterocycles. The van der Waals surface area contributed by atoms with Crippen molar-refractivity contribution in [2.24, 2.45) is 23.0 Å². The third kappa shape index (κ3) is 3.98. The molecule has 18 heavy (non-hydrogen) atoms. The average Bonchev–Trinajstić information content (AvgIpc) is 2.73. The first-order valence-corrected chi connectivity index (χ1v) is 7.41. The molecule has 0 spiro atoms. The van der Waals surface area contributed by atoms with Crippen LogP contribution in [0.15, 0.2) is 0 Å². The molecule has 0 radical (unpaired) electrons. The molecule has 0 saturated heterocycles. The van der Waals surface area contributed by atoms with Crippen LogP contribution in [0.1, 0.15) is 59.8 Å². The summed E-state index contributed by atoms with van der Waals surface area (Å²) in [4.78, 5) is 12.5. The van der Waals surface area contributed by atoms with E-state index in [1.165, 1.54) is 12.8 Å². The molecule has 0 bridgehead atoms. The zero-order chi connectivity index (χ0) is 13.8. The highest BCUT2D eigenvalue weighted by Crippen LogP contribution is 2.43. The second kappa shape index (κ2) is 6.55. The monoisotopic (exact) mass is 254 g/mol. The Morgan fingerprint density at radius 3 is 2.22 bits per heavy atom. The molecule has 3 nitrogen and oxygen atoms in total. The number of nitrogens with two attached hydrogens (primary N) is 1. The van der Waals surface area contributed by atoms with Gasteiger partial charge in [0.15, 0.2) is 0 Å². The van der Waals surface area contributed by atoms with Gasteiger partial charge < -0.3 is 11.1 Å². The quantitative estimate of drug-likeness (QED) is 0.765. The van der Waals surface area contributed by atoms with E-state index in [9.17, 15) is 4.79 Å². The molecule has 1 aliphatic carbocycles. The van der Waals surface area contributed by atoms with Crippen LogP contribution in [-0.2, 0) is 4.79 Å². The first kappa shape index (κ1) is 15.5. The van der Waals surface area contributed by atoms with E-state index in [4.69, 9.17) is 5.73 Å². The maximum Gasteiger partial charge on any atom is 0.226 e. The van der Waals surface area contributed by atoms with E-state index < -0.39 is 0 Å².